The molecule has 3 heterocycles. The normalized spacial score (nSPS) is 45.6. The fourth-order valence-corrected chi connectivity index (χ4v) is 4.62. The number of carbonyl (C=O) groups excluding carboxylic acids is 1. The zero-order chi connectivity index (χ0) is 23.8. The van der Waals surface area contributed by atoms with E-state index in [1.807, 2.05) is 0 Å². The maximum absolute atomic E-state index is 12.4. The molecule has 186 valence electrons. The van der Waals surface area contributed by atoms with Crippen LogP contribution in [0.1, 0.15) is 26.7 Å². The summed E-state index contributed by atoms with van der Waals surface area (Å²) in [5, 5.41) is 71.3. The molecule has 0 aliphatic carbocycles. The molecule has 0 aromatic carbocycles. The fraction of sp³-hybridized carbons (Fsp3) is 0.950. The van der Waals surface area contributed by atoms with Crippen LogP contribution >= 0.6 is 0 Å². The van der Waals surface area contributed by atoms with E-state index in [0.29, 0.717) is 18.9 Å². The monoisotopic (exact) mass is 465 g/mol. The number of ether oxygens (including phenoxy) is 3. The second kappa shape index (κ2) is 10.1. The molecule has 3 saturated heterocycles. The van der Waals surface area contributed by atoms with E-state index in [-0.39, 0.29) is 18.4 Å². The topological polar surface area (TPSA) is 190 Å². The highest BCUT2D eigenvalue weighted by Gasteiger charge is 2.54. The molecule has 10 atom stereocenters. The molecule has 3 aliphatic rings. The molecule has 32 heavy (non-hydrogen) atoms. The summed E-state index contributed by atoms with van der Waals surface area (Å²) in [6, 6.07) is 0. The SMILES string of the molecule is CC(C)CC1CC(=O)N(C[C@@]2(O)OC[C@@H](O)[C@@H](O[C@@H]3O[C@H](CO)[C@H](O)[C@H](O)[C@H]3O)[C@@H]2O)C1. The van der Waals surface area contributed by atoms with Gasteiger partial charge in [0.25, 0.3) is 0 Å². The molecule has 3 aliphatic heterocycles. The molecule has 0 bridgehead atoms. The third-order valence-electron chi connectivity index (χ3n) is 6.31. The predicted molar refractivity (Wildman–Crippen MR) is 106 cm³/mol. The minimum Gasteiger partial charge on any atom is -0.394 e. The average molecular weight is 465 g/mol. The summed E-state index contributed by atoms with van der Waals surface area (Å²) in [5.74, 6) is -1.91. The molecule has 12 nitrogen and oxygen atoms in total. The molecular formula is C20H35NO11. The lowest BCUT2D eigenvalue weighted by atomic mass is 9.95. The first-order valence-corrected chi connectivity index (χ1v) is 10.9. The quantitative estimate of drug-likeness (QED) is 0.198. The van der Waals surface area contributed by atoms with Crippen molar-refractivity contribution in [3.63, 3.8) is 0 Å². The summed E-state index contributed by atoms with van der Waals surface area (Å²) < 4.78 is 16.0. The molecule has 12 heteroatoms. The molecule has 1 amide bonds. The zero-order valence-electron chi connectivity index (χ0n) is 18.2. The Morgan fingerprint density at radius 1 is 1.16 bits per heavy atom. The molecule has 0 aromatic heterocycles. The second-order valence-electron chi connectivity index (χ2n) is 9.44. The Morgan fingerprint density at radius 3 is 2.47 bits per heavy atom. The molecule has 0 radical (unpaired) electrons. The summed E-state index contributed by atoms with van der Waals surface area (Å²) in [6.45, 7) is 3.04. The smallest absolute Gasteiger partial charge is 0.223 e. The fourth-order valence-electron chi connectivity index (χ4n) is 4.62. The maximum atomic E-state index is 12.4. The molecule has 0 spiro atoms. The van der Waals surface area contributed by atoms with Crippen molar-refractivity contribution in [2.75, 3.05) is 26.3 Å². The van der Waals surface area contributed by atoms with Crippen molar-refractivity contribution < 1.29 is 54.8 Å². The highest BCUT2D eigenvalue weighted by atomic mass is 16.7. The molecule has 3 fully saturated rings. The van der Waals surface area contributed by atoms with Gasteiger partial charge in [-0.05, 0) is 18.3 Å². The number of β-amino-alcohol motifs (C(OH)–C–C–N with tert-alkyl or cyclic N) is 1. The molecule has 1 unspecified atom stereocenters. The van der Waals surface area contributed by atoms with Crippen molar-refractivity contribution in [3.05, 3.63) is 0 Å². The molecular weight excluding hydrogens is 430 g/mol. The number of likely N-dealkylation sites (tertiary alicyclic amines) is 1. The minimum absolute atomic E-state index is 0.124. The van der Waals surface area contributed by atoms with Crippen LogP contribution < -0.4 is 0 Å². The number of hydrogen-bond donors (Lipinski definition) is 7. The second-order valence-corrected chi connectivity index (χ2v) is 9.44. The zero-order valence-corrected chi connectivity index (χ0v) is 18.2. The van der Waals surface area contributed by atoms with Gasteiger partial charge in [0.1, 0.15) is 42.7 Å². The maximum Gasteiger partial charge on any atom is 0.223 e. The average Bonchev–Trinajstić information content (AvgIpc) is 3.06. The van der Waals surface area contributed by atoms with E-state index in [2.05, 4.69) is 13.8 Å². The van der Waals surface area contributed by atoms with Gasteiger partial charge in [-0.2, -0.15) is 0 Å². The van der Waals surface area contributed by atoms with Crippen LogP contribution in [0, 0.1) is 11.8 Å². The Kier molecular flexibility index (Phi) is 8.14. The Balaban J connectivity index is 1.69. The van der Waals surface area contributed by atoms with Gasteiger partial charge >= 0.3 is 0 Å². The lowest BCUT2D eigenvalue weighted by Gasteiger charge is -2.47. The van der Waals surface area contributed by atoms with E-state index in [9.17, 15) is 40.5 Å². The van der Waals surface area contributed by atoms with Gasteiger partial charge in [0.15, 0.2) is 6.29 Å². The van der Waals surface area contributed by atoms with E-state index in [1.54, 1.807) is 0 Å². The van der Waals surface area contributed by atoms with Crippen molar-refractivity contribution in [1.82, 2.24) is 4.90 Å². The van der Waals surface area contributed by atoms with Gasteiger partial charge in [-0.3, -0.25) is 4.79 Å². The molecule has 7 N–H and O–H groups in total. The van der Waals surface area contributed by atoms with Crippen LogP contribution in [-0.4, -0.2) is 128 Å². The summed E-state index contributed by atoms with van der Waals surface area (Å²) in [4.78, 5) is 13.8. The summed E-state index contributed by atoms with van der Waals surface area (Å²) in [7, 11) is 0. The van der Waals surface area contributed by atoms with E-state index < -0.39 is 68.0 Å². The van der Waals surface area contributed by atoms with Crippen molar-refractivity contribution in [2.24, 2.45) is 11.8 Å². The molecule has 0 aromatic rings. The van der Waals surface area contributed by atoms with Gasteiger partial charge in [-0.15, -0.1) is 0 Å². The van der Waals surface area contributed by atoms with E-state index in [0.717, 1.165) is 6.42 Å². The van der Waals surface area contributed by atoms with Crippen LogP contribution in [0.25, 0.3) is 0 Å². The lowest BCUT2D eigenvalue weighted by molar-refractivity contribution is -0.369. The highest BCUT2D eigenvalue weighted by Crippen LogP contribution is 2.33. The van der Waals surface area contributed by atoms with E-state index >= 15 is 0 Å². The van der Waals surface area contributed by atoms with Gasteiger partial charge in [-0.25, -0.2) is 0 Å². The van der Waals surface area contributed by atoms with Crippen molar-refractivity contribution in [1.29, 1.82) is 0 Å². The Bertz CT molecular complexity index is 649. The summed E-state index contributed by atoms with van der Waals surface area (Å²) >= 11 is 0. The first kappa shape index (κ1) is 25.7. The third kappa shape index (κ3) is 5.25. The summed E-state index contributed by atoms with van der Waals surface area (Å²) in [6.07, 6.45) is -11.5. The van der Waals surface area contributed by atoms with Crippen LogP contribution in [0.3, 0.4) is 0 Å². The Labute approximate surface area is 185 Å². The van der Waals surface area contributed by atoms with Crippen LogP contribution in [0.2, 0.25) is 0 Å². The number of hydrogen-bond acceptors (Lipinski definition) is 11. The van der Waals surface area contributed by atoms with Crippen LogP contribution in [0.4, 0.5) is 0 Å². The largest absolute Gasteiger partial charge is 0.394 e. The van der Waals surface area contributed by atoms with Gasteiger partial charge < -0.3 is 54.9 Å². The van der Waals surface area contributed by atoms with Crippen LogP contribution in [-0.2, 0) is 19.0 Å². The third-order valence-corrected chi connectivity index (χ3v) is 6.31. The summed E-state index contributed by atoms with van der Waals surface area (Å²) in [5.41, 5.74) is 0. The van der Waals surface area contributed by atoms with Gasteiger partial charge in [0, 0.05) is 13.0 Å². The molecule has 3 rings (SSSR count). The number of aliphatic hydroxyl groups is 7. The Hall–Kier alpha value is -0.930. The lowest BCUT2D eigenvalue weighted by Crippen LogP contribution is -2.67. The predicted octanol–water partition coefficient (Wildman–Crippen LogP) is -3.49. The van der Waals surface area contributed by atoms with Gasteiger partial charge in [0.2, 0.25) is 11.7 Å². The van der Waals surface area contributed by atoms with Gasteiger partial charge in [-0.1, -0.05) is 13.8 Å². The number of aliphatic hydroxyl groups excluding tert-OH is 6. The van der Waals surface area contributed by atoms with Crippen molar-refractivity contribution in [2.45, 2.75) is 81.5 Å². The minimum atomic E-state index is -2.25. The van der Waals surface area contributed by atoms with E-state index in [4.69, 9.17) is 14.2 Å². The number of rotatable bonds is 7. The van der Waals surface area contributed by atoms with E-state index in [1.165, 1.54) is 4.90 Å². The van der Waals surface area contributed by atoms with Crippen LogP contribution in [0.15, 0.2) is 0 Å². The molecule has 0 saturated carbocycles. The number of nitrogens with zero attached hydrogens (tertiary/aromatic N) is 1. The number of carbonyl (C=O) groups is 1. The first-order chi connectivity index (χ1) is 15.0. The van der Waals surface area contributed by atoms with Crippen molar-refractivity contribution in [3.8, 4) is 0 Å². The van der Waals surface area contributed by atoms with Gasteiger partial charge in [0.05, 0.1) is 19.8 Å². The highest BCUT2D eigenvalue weighted by molar-refractivity contribution is 5.78. The number of amides is 1. The van der Waals surface area contributed by atoms with Crippen molar-refractivity contribution >= 4 is 5.91 Å². The van der Waals surface area contributed by atoms with Crippen LogP contribution in [0.5, 0.6) is 0 Å². The Morgan fingerprint density at radius 2 is 1.84 bits per heavy atom. The standard InChI is InChI=1S/C20H35NO11/c1-9(2)3-10-4-13(24)21(5-10)8-20(29)18(28)17(11(23)7-30-20)32-19-16(27)15(26)14(25)12(6-22)31-19/h9-12,14-19,22-23,25-29H,3-8H2,1-2H3/t10?,11-,12-,14+,15+,16-,17-,18+,19+,20-/m1/s1. The first-order valence-electron chi connectivity index (χ1n) is 10.9.